The highest BCUT2D eigenvalue weighted by molar-refractivity contribution is 7.92. The number of ether oxygens (including phenoxy) is 1. The number of hydrogen-bond donors (Lipinski definition) is 1. The summed E-state index contributed by atoms with van der Waals surface area (Å²) in [6.45, 7) is 7.55. The van der Waals surface area contributed by atoms with Crippen LogP contribution in [0.4, 0.5) is 0 Å². The molecule has 0 spiro atoms. The normalized spacial score (nSPS) is 27.2. The van der Waals surface area contributed by atoms with Crippen LogP contribution in [0.3, 0.4) is 0 Å². The molecular weight excluding hydrogens is 226 g/mol. The molecule has 1 unspecified atom stereocenters. The minimum atomic E-state index is -3.02. The van der Waals surface area contributed by atoms with E-state index in [2.05, 4.69) is 12.2 Å². The van der Waals surface area contributed by atoms with E-state index >= 15 is 0 Å². The van der Waals surface area contributed by atoms with Crippen molar-refractivity contribution >= 4 is 9.84 Å². The smallest absolute Gasteiger partial charge is 0.153 e. The summed E-state index contributed by atoms with van der Waals surface area (Å²) in [5, 5.41) is 3.21. The van der Waals surface area contributed by atoms with E-state index in [1.165, 1.54) is 6.26 Å². The van der Waals surface area contributed by atoms with Gasteiger partial charge < -0.3 is 10.1 Å². The molecule has 0 saturated carbocycles. The lowest BCUT2D eigenvalue weighted by molar-refractivity contribution is 0.0207. The van der Waals surface area contributed by atoms with Gasteiger partial charge in [0.15, 0.2) is 9.84 Å². The minimum absolute atomic E-state index is 0.117. The highest BCUT2D eigenvalue weighted by Gasteiger charge is 2.33. The summed E-state index contributed by atoms with van der Waals surface area (Å²) < 4.78 is 27.9. The number of hydrogen-bond acceptors (Lipinski definition) is 4. The Morgan fingerprint density at radius 3 is 2.50 bits per heavy atom. The number of rotatable bonds is 5. The van der Waals surface area contributed by atoms with Crippen LogP contribution in [-0.2, 0) is 14.6 Å². The molecule has 0 bridgehead atoms. The van der Waals surface area contributed by atoms with Gasteiger partial charge in [-0.3, -0.25) is 0 Å². The van der Waals surface area contributed by atoms with Gasteiger partial charge >= 0.3 is 0 Å². The van der Waals surface area contributed by atoms with E-state index in [0.29, 0.717) is 13.1 Å². The average molecular weight is 249 g/mol. The molecule has 1 saturated heterocycles. The Morgan fingerprint density at radius 2 is 2.06 bits per heavy atom. The van der Waals surface area contributed by atoms with E-state index in [1.807, 2.05) is 0 Å². The third kappa shape index (κ3) is 3.43. The van der Waals surface area contributed by atoms with Gasteiger partial charge in [-0.2, -0.15) is 0 Å². The predicted octanol–water partition coefficient (Wildman–Crippen LogP) is 0.968. The number of nitrogens with one attached hydrogen (secondary N) is 1. The lowest BCUT2D eigenvalue weighted by atomic mass is 10.0. The maximum atomic E-state index is 11.5. The summed E-state index contributed by atoms with van der Waals surface area (Å²) in [4.78, 5) is 0. The summed E-state index contributed by atoms with van der Waals surface area (Å²) in [7, 11) is -3.02. The van der Waals surface area contributed by atoms with Crippen LogP contribution >= 0.6 is 0 Å². The maximum Gasteiger partial charge on any atom is 0.153 e. The molecule has 0 amide bonds. The summed E-state index contributed by atoms with van der Waals surface area (Å²) in [5.74, 6) is 0. The molecule has 96 valence electrons. The summed E-state index contributed by atoms with van der Waals surface area (Å²) in [5.41, 5.74) is -0.117. The van der Waals surface area contributed by atoms with Gasteiger partial charge in [-0.15, -0.1) is 0 Å². The molecule has 1 fully saturated rings. The van der Waals surface area contributed by atoms with Crippen LogP contribution in [0.5, 0.6) is 0 Å². The molecule has 4 nitrogen and oxygen atoms in total. The van der Waals surface area contributed by atoms with Crippen molar-refractivity contribution in [3.05, 3.63) is 0 Å². The first-order valence-electron chi connectivity index (χ1n) is 5.71. The van der Waals surface area contributed by atoms with Crippen molar-refractivity contribution < 1.29 is 13.2 Å². The first kappa shape index (κ1) is 13.9. The molecule has 1 aliphatic heterocycles. The quantitative estimate of drug-likeness (QED) is 0.789. The lowest BCUT2D eigenvalue weighted by Gasteiger charge is -2.28. The standard InChI is InChI=1S/C11H23NO3S/c1-10(2,16(4,13)14)8-12-9-11(3)6-5-7-15-11/h12H,5-9H2,1-4H3. The summed E-state index contributed by atoms with van der Waals surface area (Å²) in [6, 6.07) is 0. The van der Waals surface area contributed by atoms with E-state index in [9.17, 15) is 8.42 Å². The average Bonchev–Trinajstić information content (AvgIpc) is 2.50. The van der Waals surface area contributed by atoms with Crippen molar-refractivity contribution in [2.45, 2.75) is 44.0 Å². The highest BCUT2D eigenvalue weighted by atomic mass is 32.2. The Morgan fingerprint density at radius 1 is 1.44 bits per heavy atom. The molecular formula is C11H23NO3S. The van der Waals surface area contributed by atoms with Gasteiger partial charge in [-0.1, -0.05) is 0 Å². The largest absolute Gasteiger partial charge is 0.374 e. The Kier molecular flexibility index (Phi) is 4.03. The molecule has 1 atom stereocenters. The zero-order chi connectivity index (χ0) is 12.4. The zero-order valence-electron chi connectivity index (χ0n) is 10.7. The first-order chi connectivity index (χ1) is 7.16. The van der Waals surface area contributed by atoms with Gasteiger partial charge in [-0.05, 0) is 33.6 Å². The third-order valence-corrected chi connectivity index (χ3v) is 5.51. The molecule has 1 N–H and O–H groups in total. The van der Waals surface area contributed by atoms with E-state index in [4.69, 9.17) is 4.74 Å². The summed E-state index contributed by atoms with van der Waals surface area (Å²) in [6.07, 6.45) is 3.41. The first-order valence-corrected chi connectivity index (χ1v) is 7.60. The van der Waals surface area contributed by atoms with Gasteiger partial charge in [0.05, 0.1) is 10.3 Å². The van der Waals surface area contributed by atoms with Crippen molar-refractivity contribution in [3.8, 4) is 0 Å². The minimum Gasteiger partial charge on any atom is -0.374 e. The second kappa shape index (κ2) is 4.63. The molecule has 0 aromatic carbocycles. The number of sulfone groups is 1. The van der Waals surface area contributed by atoms with Crippen molar-refractivity contribution in [2.75, 3.05) is 26.0 Å². The van der Waals surface area contributed by atoms with Crippen molar-refractivity contribution in [3.63, 3.8) is 0 Å². The molecule has 1 rings (SSSR count). The van der Waals surface area contributed by atoms with E-state index < -0.39 is 14.6 Å². The highest BCUT2D eigenvalue weighted by Crippen LogP contribution is 2.24. The Hall–Kier alpha value is -0.130. The van der Waals surface area contributed by atoms with Crippen LogP contribution in [0.2, 0.25) is 0 Å². The fourth-order valence-electron chi connectivity index (χ4n) is 1.74. The lowest BCUT2D eigenvalue weighted by Crippen LogP contribution is -2.46. The van der Waals surface area contributed by atoms with Crippen molar-refractivity contribution in [2.24, 2.45) is 0 Å². The van der Waals surface area contributed by atoms with Crippen LogP contribution in [-0.4, -0.2) is 44.7 Å². The van der Waals surface area contributed by atoms with Gasteiger partial charge in [0.1, 0.15) is 0 Å². The second-order valence-electron chi connectivity index (χ2n) is 5.54. The predicted molar refractivity (Wildman–Crippen MR) is 65.4 cm³/mol. The van der Waals surface area contributed by atoms with Crippen LogP contribution < -0.4 is 5.32 Å². The van der Waals surface area contributed by atoms with E-state index in [-0.39, 0.29) is 5.60 Å². The summed E-state index contributed by atoms with van der Waals surface area (Å²) >= 11 is 0. The third-order valence-electron chi connectivity index (χ3n) is 3.35. The van der Waals surface area contributed by atoms with Gasteiger partial charge in [0.25, 0.3) is 0 Å². The van der Waals surface area contributed by atoms with Gasteiger partial charge in [0, 0.05) is 26.0 Å². The molecule has 0 aromatic rings. The fraction of sp³-hybridized carbons (Fsp3) is 1.00. The van der Waals surface area contributed by atoms with Crippen molar-refractivity contribution in [1.82, 2.24) is 5.32 Å². The van der Waals surface area contributed by atoms with Crippen LogP contribution in [0, 0.1) is 0 Å². The maximum absolute atomic E-state index is 11.5. The molecule has 16 heavy (non-hydrogen) atoms. The van der Waals surface area contributed by atoms with Crippen LogP contribution in [0.15, 0.2) is 0 Å². The topological polar surface area (TPSA) is 55.4 Å². The van der Waals surface area contributed by atoms with Gasteiger partial charge in [0.2, 0.25) is 0 Å². The van der Waals surface area contributed by atoms with E-state index in [0.717, 1.165) is 19.4 Å². The van der Waals surface area contributed by atoms with Crippen LogP contribution in [0.1, 0.15) is 33.6 Å². The monoisotopic (exact) mass is 249 g/mol. The molecule has 5 heteroatoms. The Labute approximate surface area is 98.7 Å². The van der Waals surface area contributed by atoms with Gasteiger partial charge in [-0.25, -0.2) is 8.42 Å². The van der Waals surface area contributed by atoms with Crippen LogP contribution in [0.25, 0.3) is 0 Å². The molecule has 0 aliphatic carbocycles. The Bertz CT molecular complexity index is 329. The van der Waals surface area contributed by atoms with E-state index in [1.54, 1.807) is 13.8 Å². The molecule has 1 heterocycles. The zero-order valence-corrected chi connectivity index (χ0v) is 11.5. The molecule has 1 aliphatic rings. The second-order valence-corrected chi connectivity index (χ2v) is 8.19. The molecule has 0 aromatic heterocycles. The molecule has 0 radical (unpaired) electrons. The Balaban J connectivity index is 2.41. The SMILES string of the molecule is CC1(CNCC(C)(C)S(C)(=O)=O)CCCO1. The fourth-order valence-corrected chi connectivity index (χ4v) is 2.10. The van der Waals surface area contributed by atoms with Crippen molar-refractivity contribution in [1.29, 1.82) is 0 Å².